The largest absolute Gasteiger partial charge is 0.382 e. The van der Waals surface area contributed by atoms with E-state index in [1.807, 2.05) is 0 Å². The summed E-state index contributed by atoms with van der Waals surface area (Å²) in [7, 11) is -4.22. The first-order valence-electron chi connectivity index (χ1n) is 9.71. The van der Waals surface area contributed by atoms with Crippen molar-refractivity contribution >= 4 is 55.8 Å². The topological polar surface area (TPSA) is 95.1 Å². The molecule has 0 aliphatic rings. The maximum atomic E-state index is 14.7. The zero-order valence-electron chi connectivity index (χ0n) is 17.1. The van der Waals surface area contributed by atoms with E-state index in [-0.39, 0.29) is 16.5 Å². The molecule has 0 bridgehead atoms. The average Bonchev–Trinajstić information content (AvgIpc) is 3.24. The van der Waals surface area contributed by atoms with Gasteiger partial charge in [0.2, 0.25) is 0 Å². The number of nitrogens with one attached hydrogen (secondary N) is 4. The summed E-state index contributed by atoms with van der Waals surface area (Å²) in [5.41, 5.74) is 2.50. The summed E-state index contributed by atoms with van der Waals surface area (Å²) in [6.45, 7) is 4.15. The third kappa shape index (κ3) is 6.28. The molecule has 4 N–H and O–H groups in total. The van der Waals surface area contributed by atoms with E-state index < -0.39 is 26.6 Å². The minimum atomic E-state index is -4.22. The number of benzene rings is 2. The van der Waals surface area contributed by atoms with E-state index in [2.05, 4.69) is 32.6 Å². The van der Waals surface area contributed by atoms with Crippen LogP contribution in [-0.2, 0) is 10.0 Å². The molecule has 0 radical (unpaired) electrons. The Morgan fingerprint density at radius 1 is 1.06 bits per heavy atom. The van der Waals surface area contributed by atoms with Crippen LogP contribution in [0.15, 0.2) is 46.1 Å². The maximum absolute atomic E-state index is 14.7. The van der Waals surface area contributed by atoms with Gasteiger partial charge in [0.05, 0.1) is 27.6 Å². The van der Waals surface area contributed by atoms with Crippen LogP contribution in [-0.4, -0.2) is 33.0 Å². The second-order valence-corrected chi connectivity index (χ2v) is 9.51. The summed E-state index contributed by atoms with van der Waals surface area (Å²) < 4.78 is 55.7. The molecule has 1 heterocycles. The van der Waals surface area contributed by atoms with Crippen LogP contribution in [0.5, 0.6) is 0 Å². The highest BCUT2D eigenvalue weighted by atomic mass is 35.5. The summed E-state index contributed by atoms with van der Waals surface area (Å²) >= 11 is 7.44. The van der Waals surface area contributed by atoms with E-state index in [4.69, 9.17) is 11.6 Å². The van der Waals surface area contributed by atoms with E-state index in [9.17, 15) is 17.2 Å². The molecule has 0 fully saturated rings. The van der Waals surface area contributed by atoms with Crippen LogP contribution < -0.4 is 20.7 Å². The fourth-order valence-electron chi connectivity index (χ4n) is 2.79. The smallest absolute Gasteiger partial charge is 0.266 e. The third-order valence-electron chi connectivity index (χ3n) is 4.28. The van der Waals surface area contributed by atoms with Crippen LogP contribution in [0.3, 0.4) is 0 Å². The van der Waals surface area contributed by atoms with Crippen molar-refractivity contribution in [3.05, 3.63) is 57.9 Å². The minimum Gasteiger partial charge on any atom is -0.382 e. The van der Waals surface area contributed by atoms with E-state index in [1.54, 1.807) is 0 Å². The van der Waals surface area contributed by atoms with Gasteiger partial charge < -0.3 is 16.0 Å². The number of aromatic nitrogens is 1. The van der Waals surface area contributed by atoms with E-state index in [0.717, 1.165) is 25.1 Å². The molecule has 1 aromatic heterocycles. The summed E-state index contributed by atoms with van der Waals surface area (Å²) in [5.74, 6) is -1.35. The minimum absolute atomic E-state index is 0.0232. The Bertz CT molecular complexity index is 1160. The standard InChI is InChI=1S/C20H22ClF2N5O2S2/c1-2-5-24-6-7-25-18-8-13(22)3-4-16(18)27-17-10-15(23)19(9-14(17)21)32(29,30)28-20-11-31-12-26-20/h3-4,8-12,24-25,27-28H,2,5-7H2,1H3. The summed E-state index contributed by atoms with van der Waals surface area (Å²) in [6, 6.07) is 6.04. The Kier molecular flexibility index (Phi) is 8.24. The first-order chi connectivity index (χ1) is 15.3. The van der Waals surface area contributed by atoms with E-state index in [1.165, 1.54) is 40.4 Å². The lowest BCUT2D eigenvalue weighted by molar-refractivity contribution is 0.570. The van der Waals surface area contributed by atoms with Crippen LogP contribution in [0, 0.1) is 11.6 Å². The number of nitrogens with zero attached hydrogens (tertiary/aromatic N) is 1. The zero-order chi connectivity index (χ0) is 23.1. The highest BCUT2D eigenvalue weighted by Crippen LogP contribution is 2.33. The van der Waals surface area contributed by atoms with Crippen LogP contribution in [0.4, 0.5) is 31.7 Å². The molecular weight excluding hydrogens is 480 g/mol. The number of hydrogen-bond acceptors (Lipinski definition) is 7. The number of rotatable bonds is 11. The van der Waals surface area contributed by atoms with Gasteiger partial charge in [-0.05, 0) is 37.2 Å². The quantitative estimate of drug-likeness (QED) is 0.275. The lowest BCUT2D eigenvalue weighted by atomic mass is 10.2. The fraction of sp³-hybridized carbons (Fsp3) is 0.250. The van der Waals surface area contributed by atoms with Gasteiger partial charge in [-0.2, -0.15) is 0 Å². The molecule has 0 spiro atoms. The molecular formula is C20H22ClF2N5O2S2. The number of thiazole rings is 1. The highest BCUT2D eigenvalue weighted by Gasteiger charge is 2.22. The fourth-order valence-corrected chi connectivity index (χ4v) is 4.71. The Morgan fingerprint density at radius 3 is 2.59 bits per heavy atom. The second-order valence-electron chi connectivity index (χ2n) is 6.73. The zero-order valence-corrected chi connectivity index (χ0v) is 19.5. The Balaban J connectivity index is 1.80. The van der Waals surface area contributed by atoms with Crippen molar-refractivity contribution < 1.29 is 17.2 Å². The molecule has 3 aromatic rings. The number of anilines is 4. The van der Waals surface area contributed by atoms with Gasteiger partial charge in [-0.25, -0.2) is 22.2 Å². The number of halogens is 3. The van der Waals surface area contributed by atoms with Gasteiger partial charge in [0, 0.05) is 24.5 Å². The Hall–Kier alpha value is -2.47. The second kappa shape index (κ2) is 10.9. The molecule has 2 aromatic carbocycles. The van der Waals surface area contributed by atoms with Crippen LogP contribution in [0.25, 0.3) is 0 Å². The van der Waals surface area contributed by atoms with Crippen molar-refractivity contribution in [3.63, 3.8) is 0 Å². The summed E-state index contributed by atoms with van der Waals surface area (Å²) in [5, 5.41) is 10.7. The molecule has 0 unspecified atom stereocenters. The third-order valence-corrected chi connectivity index (χ3v) is 6.55. The molecule has 3 rings (SSSR count). The Morgan fingerprint density at radius 2 is 1.88 bits per heavy atom. The monoisotopic (exact) mass is 501 g/mol. The maximum Gasteiger partial charge on any atom is 0.266 e. The van der Waals surface area contributed by atoms with Gasteiger partial charge in [-0.15, -0.1) is 11.3 Å². The Labute approximate surface area is 194 Å². The average molecular weight is 502 g/mol. The lowest BCUT2D eigenvalue weighted by Gasteiger charge is -2.16. The van der Waals surface area contributed by atoms with Crippen molar-refractivity contribution in [1.29, 1.82) is 0 Å². The SMILES string of the molecule is CCCNCCNc1cc(F)ccc1Nc1cc(F)c(S(=O)(=O)Nc2cscn2)cc1Cl. The van der Waals surface area contributed by atoms with Crippen LogP contribution in [0.1, 0.15) is 13.3 Å². The predicted molar refractivity (Wildman–Crippen MR) is 126 cm³/mol. The summed E-state index contributed by atoms with van der Waals surface area (Å²) in [6.07, 6.45) is 1.00. The van der Waals surface area contributed by atoms with Crippen molar-refractivity contribution in [1.82, 2.24) is 10.3 Å². The normalized spacial score (nSPS) is 11.4. The highest BCUT2D eigenvalue weighted by molar-refractivity contribution is 7.92. The molecule has 172 valence electrons. The molecule has 0 atom stereocenters. The first kappa shape index (κ1) is 24.2. The molecule has 0 aliphatic carbocycles. The van der Waals surface area contributed by atoms with Gasteiger partial charge in [0.25, 0.3) is 10.0 Å². The molecule has 12 heteroatoms. The first-order valence-corrected chi connectivity index (χ1v) is 12.5. The van der Waals surface area contributed by atoms with E-state index >= 15 is 0 Å². The molecule has 0 saturated heterocycles. The van der Waals surface area contributed by atoms with Gasteiger partial charge in [-0.1, -0.05) is 18.5 Å². The van der Waals surface area contributed by atoms with Crippen LogP contribution >= 0.6 is 22.9 Å². The predicted octanol–water partition coefficient (Wildman–Crippen LogP) is 5.03. The molecule has 0 aliphatic heterocycles. The van der Waals surface area contributed by atoms with Crippen LogP contribution in [0.2, 0.25) is 5.02 Å². The molecule has 32 heavy (non-hydrogen) atoms. The van der Waals surface area contributed by atoms with Gasteiger partial charge >= 0.3 is 0 Å². The van der Waals surface area contributed by atoms with Crippen molar-refractivity contribution in [2.24, 2.45) is 0 Å². The van der Waals surface area contributed by atoms with Gasteiger partial charge in [-0.3, -0.25) is 4.72 Å². The van der Waals surface area contributed by atoms with Crippen molar-refractivity contribution in [2.45, 2.75) is 18.2 Å². The number of sulfonamides is 1. The van der Waals surface area contributed by atoms with E-state index in [0.29, 0.717) is 24.5 Å². The molecule has 7 nitrogen and oxygen atoms in total. The molecule has 0 amide bonds. The summed E-state index contributed by atoms with van der Waals surface area (Å²) in [4.78, 5) is 3.22. The van der Waals surface area contributed by atoms with Crippen molar-refractivity contribution in [3.8, 4) is 0 Å². The van der Waals surface area contributed by atoms with Gasteiger partial charge in [0.15, 0.2) is 5.82 Å². The van der Waals surface area contributed by atoms with Crippen molar-refractivity contribution in [2.75, 3.05) is 35.0 Å². The molecule has 0 saturated carbocycles. The van der Waals surface area contributed by atoms with Gasteiger partial charge in [0.1, 0.15) is 16.5 Å². The number of hydrogen-bond donors (Lipinski definition) is 4. The lowest BCUT2D eigenvalue weighted by Crippen LogP contribution is -2.23.